The van der Waals surface area contributed by atoms with Crippen LogP contribution in [0.15, 0.2) is 58.9 Å². The second-order valence-corrected chi connectivity index (χ2v) is 10.3. The first kappa shape index (κ1) is 32.3. The predicted molar refractivity (Wildman–Crippen MR) is 156 cm³/mol. The Bertz CT molecular complexity index is 1700. The molecule has 0 aliphatic carbocycles. The first-order chi connectivity index (χ1) is 21.6. The molecule has 13 nitrogen and oxygen atoms in total. The molecule has 1 aromatic carbocycles. The highest BCUT2D eigenvalue weighted by Crippen LogP contribution is 2.57. The van der Waals surface area contributed by atoms with E-state index in [1.54, 1.807) is 6.20 Å². The van der Waals surface area contributed by atoms with Gasteiger partial charge in [-0.1, -0.05) is 12.0 Å². The average Bonchev–Trinajstić information content (AvgIpc) is 3.49. The number of pyridine rings is 1. The lowest BCUT2D eigenvalue weighted by atomic mass is 9.69. The molecule has 0 bridgehead atoms. The van der Waals surface area contributed by atoms with Gasteiger partial charge in [0.25, 0.3) is 0 Å². The summed E-state index contributed by atoms with van der Waals surface area (Å²) < 4.78 is 14.9. The van der Waals surface area contributed by atoms with Crippen molar-refractivity contribution in [3.05, 3.63) is 70.7 Å². The summed E-state index contributed by atoms with van der Waals surface area (Å²) in [5.41, 5.74) is 1.73. The van der Waals surface area contributed by atoms with Gasteiger partial charge in [0, 0.05) is 37.0 Å². The van der Waals surface area contributed by atoms with E-state index in [1.165, 1.54) is 26.2 Å². The van der Waals surface area contributed by atoms with Gasteiger partial charge in [0.2, 0.25) is 5.91 Å². The summed E-state index contributed by atoms with van der Waals surface area (Å²) in [5.74, 6) is 4.12. The molecular weight excluding hydrogens is 584 g/mol. The number of esters is 3. The molecule has 45 heavy (non-hydrogen) atoms. The summed E-state index contributed by atoms with van der Waals surface area (Å²) in [7, 11) is 5.52. The number of likely N-dealkylation sites (N-methyl/N-ethyl adjacent to an activating group) is 1. The average molecular weight is 615 g/mol. The Labute approximate surface area is 258 Å². The van der Waals surface area contributed by atoms with Crippen molar-refractivity contribution in [2.45, 2.75) is 43.7 Å². The van der Waals surface area contributed by atoms with Crippen molar-refractivity contribution in [2.24, 2.45) is 4.99 Å². The number of aliphatic imine (C=N–C) groups is 1. The maximum atomic E-state index is 13.6. The smallest absolute Gasteiger partial charge is 0.373 e. The number of hydrogen-bond acceptors (Lipinski definition) is 12. The van der Waals surface area contributed by atoms with Gasteiger partial charge in [-0.3, -0.25) is 14.5 Å². The Morgan fingerprint density at radius 3 is 2.31 bits per heavy atom. The molecule has 4 heterocycles. The molecule has 0 N–H and O–H groups in total. The second-order valence-electron chi connectivity index (χ2n) is 10.3. The van der Waals surface area contributed by atoms with Gasteiger partial charge >= 0.3 is 24.1 Å². The standard InChI is InChI=1S/C31H30N4O7.CO2/c1-18-17-31-21-16-19(9-11-20-8-6-7-15-32-20)10-12-22(21)34(2)27(31)25(28(38)41-4)26(29(39)42-5)33-30(31)35(18)23(36)13-14-24(37)40-3;2-1-3/h6-8,10,12,15-16,18,27H,13-14,17H2,1-5H3;/t18-,27?,31+;/m1./s1. The van der Waals surface area contributed by atoms with Crippen LogP contribution in [0.3, 0.4) is 0 Å². The number of carbonyl (C=O) groups is 4. The molecule has 3 aliphatic heterocycles. The normalized spacial score (nSPS) is 20.5. The number of anilines is 1. The van der Waals surface area contributed by atoms with E-state index in [4.69, 9.17) is 28.8 Å². The second kappa shape index (κ2) is 13.4. The highest BCUT2D eigenvalue weighted by Gasteiger charge is 2.65. The molecule has 1 amide bonds. The number of aromatic nitrogens is 1. The van der Waals surface area contributed by atoms with Gasteiger partial charge in [-0.15, -0.1) is 0 Å². The minimum atomic E-state index is -1.01. The Balaban J connectivity index is 0.00000148. The molecule has 3 aliphatic rings. The van der Waals surface area contributed by atoms with Gasteiger partial charge in [-0.25, -0.2) is 19.6 Å². The van der Waals surface area contributed by atoms with E-state index in [1.807, 2.05) is 55.3 Å². The van der Waals surface area contributed by atoms with Gasteiger partial charge in [0.15, 0.2) is 5.70 Å². The summed E-state index contributed by atoms with van der Waals surface area (Å²) in [6, 6.07) is 10.1. The molecule has 5 rings (SSSR count). The van der Waals surface area contributed by atoms with Crippen molar-refractivity contribution in [3.8, 4) is 11.8 Å². The van der Waals surface area contributed by atoms with E-state index < -0.39 is 29.4 Å². The summed E-state index contributed by atoms with van der Waals surface area (Å²) in [5, 5.41) is 0. The molecule has 1 spiro atoms. The first-order valence-electron chi connectivity index (χ1n) is 13.8. The van der Waals surface area contributed by atoms with E-state index in [0.717, 1.165) is 11.3 Å². The van der Waals surface area contributed by atoms with Crippen LogP contribution in [-0.4, -0.2) is 86.1 Å². The Kier molecular flexibility index (Phi) is 9.60. The monoisotopic (exact) mass is 614 g/mol. The minimum absolute atomic E-state index is 0.0454. The zero-order valence-electron chi connectivity index (χ0n) is 25.3. The van der Waals surface area contributed by atoms with Crippen molar-refractivity contribution in [1.82, 2.24) is 9.88 Å². The summed E-state index contributed by atoms with van der Waals surface area (Å²) in [4.78, 5) is 80.5. The fraction of sp³-hybridized carbons (Fsp3) is 0.344. The van der Waals surface area contributed by atoms with Crippen LogP contribution in [0.5, 0.6) is 0 Å². The number of methoxy groups -OCH3 is 3. The van der Waals surface area contributed by atoms with Crippen LogP contribution in [-0.2, 0) is 48.4 Å². The first-order valence-corrected chi connectivity index (χ1v) is 13.8. The van der Waals surface area contributed by atoms with Crippen LogP contribution >= 0.6 is 0 Å². The zero-order chi connectivity index (χ0) is 32.9. The fourth-order valence-electron chi connectivity index (χ4n) is 6.26. The van der Waals surface area contributed by atoms with Crippen LogP contribution in [0.25, 0.3) is 0 Å². The third-order valence-corrected chi connectivity index (χ3v) is 7.97. The van der Waals surface area contributed by atoms with Gasteiger partial charge in [-0.05, 0) is 55.2 Å². The van der Waals surface area contributed by atoms with Crippen molar-refractivity contribution in [2.75, 3.05) is 33.3 Å². The number of likely N-dealkylation sites (tertiary alicyclic amines) is 1. The third-order valence-electron chi connectivity index (χ3n) is 7.97. The van der Waals surface area contributed by atoms with Crippen LogP contribution in [0.2, 0.25) is 0 Å². The number of fused-ring (bicyclic) bond motifs is 1. The number of benzene rings is 1. The predicted octanol–water partition coefficient (Wildman–Crippen LogP) is 1.54. The van der Waals surface area contributed by atoms with Gasteiger partial charge in [0.05, 0.1) is 44.8 Å². The number of hydrogen-bond donors (Lipinski definition) is 0. The SMILES string of the molecule is COC(=O)CCC(=O)N1C2=NC(C(=O)OC)=C(C(=O)OC)C3N(C)c4ccc(C#Cc5ccccn5)cc4[C@]23C[C@H]1C.O=C=O. The molecule has 0 radical (unpaired) electrons. The van der Waals surface area contributed by atoms with Gasteiger partial charge in [-0.2, -0.15) is 9.59 Å². The molecule has 3 atom stereocenters. The van der Waals surface area contributed by atoms with E-state index >= 15 is 0 Å². The van der Waals surface area contributed by atoms with E-state index in [2.05, 4.69) is 16.8 Å². The van der Waals surface area contributed by atoms with Gasteiger partial charge < -0.3 is 19.1 Å². The molecule has 2 aromatic rings. The van der Waals surface area contributed by atoms with E-state index in [-0.39, 0.29) is 42.2 Å². The number of amidine groups is 1. The topological polar surface area (TPSA) is 162 Å². The van der Waals surface area contributed by atoms with Crippen molar-refractivity contribution < 1.29 is 43.0 Å². The highest BCUT2D eigenvalue weighted by atomic mass is 16.5. The third kappa shape index (κ3) is 5.71. The quantitative estimate of drug-likeness (QED) is 0.273. The molecule has 0 saturated carbocycles. The summed E-state index contributed by atoms with van der Waals surface area (Å²) >= 11 is 0. The molecule has 1 aromatic heterocycles. The lowest BCUT2D eigenvalue weighted by Crippen LogP contribution is -2.55. The van der Waals surface area contributed by atoms with Crippen LogP contribution < -0.4 is 4.90 Å². The number of nitrogens with zero attached hydrogens (tertiary/aromatic N) is 4. The molecule has 1 saturated heterocycles. The highest BCUT2D eigenvalue weighted by molar-refractivity contribution is 6.16. The Hall–Kier alpha value is -5.60. The maximum Gasteiger partial charge on any atom is 0.373 e. The fourth-order valence-corrected chi connectivity index (χ4v) is 6.26. The maximum absolute atomic E-state index is 13.6. The molecule has 1 fully saturated rings. The van der Waals surface area contributed by atoms with Crippen molar-refractivity contribution in [3.63, 3.8) is 0 Å². The molecule has 232 valence electrons. The lowest BCUT2D eigenvalue weighted by molar-refractivity contribution is -0.191. The zero-order valence-corrected chi connectivity index (χ0v) is 25.3. The largest absolute Gasteiger partial charge is 0.469 e. The summed E-state index contributed by atoms with van der Waals surface area (Å²) in [6.45, 7) is 1.88. The lowest BCUT2D eigenvalue weighted by Gasteiger charge is -2.39. The van der Waals surface area contributed by atoms with Crippen LogP contribution in [0.4, 0.5) is 5.69 Å². The number of amides is 1. The number of carbonyl (C=O) groups excluding carboxylic acids is 6. The van der Waals surface area contributed by atoms with Crippen LogP contribution in [0, 0.1) is 11.8 Å². The van der Waals surface area contributed by atoms with Crippen LogP contribution in [0.1, 0.15) is 43.0 Å². The summed E-state index contributed by atoms with van der Waals surface area (Å²) in [6.07, 6.45) is 2.08. The number of ether oxygens (including phenoxy) is 3. The van der Waals surface area contributed by atoms with E-state index in [9.17, 15) is 19.2 Å². The Morgan fingerprint density at radius 2 is 1.69 bits per heavy atom. The number of rotatable bonds is 5. The van der Waals surface area contributed by atoms with Crippen molar-refractivity contribution in [1.29, 1.82) is 0 Å². The van der Waals surface area contributed by atoms with Crippen molar-refractivity contribution >= 4 is 41.5 Å². The molecular formula is C32H30N4O9. The molecule has 13 heteroatoms. The molecule has 1 unspecified atom stereocenters. The van der Waals surface area contributed by atoms with E-state index in [0.29, 0.717) is 23.5 Å². The Morgan fingerprint density at radius 1 is 0.978 bits per heavy atom. The van der Waals surface area contributed by atoms with Gasteiger partial charge in [0.1, 0.15) is 11.5 Å². The minimum Gasteiger partial charge on any atom is -0.469 e.